The number of carbonyl (C=O) groups is 1. The number of rotatable bonds is 4. The zero-order chi connectivity index (χ0) is 13.4. The summed E-state index contributed by atoms with van der Waals surface area (Å²) in [6.07, 6.45) is 7.57. The highest BCUT2D eigenvalue weighted by Crippen LogP contribution is 2.52. The van der Waals surface area contributed by atoms with Crippen LogP contribution in [0.25, 0.3) is 0 Å². The van der Waals surface area contributed by atoms with Crippen molar-refractivity contribution < 1.29 is 4.79 Å². The largest absolute Gasteiger partial charge is 0.339 e. The van der Waals surface area contributed by atoms with E-state index in [-0.39, 0.29) is 0 Å². The number of fused-ring (bicyclic) bond motifs is 2. The summed E-state index contributed by atoms with van der Waals surface area (Å²) in [7, 11) is 0. The van der Waals surface area contributed by atoms with Gasteiger partial charge >= 0.3 is 0 Å². The molecule has 0 aromatic heterocycles. The number of hydrogen-bond acceptors (Lipinski definition) is 2. The molecule has 2 rings (SSSR count). The van der Waals surface area contributed by atoms with Crippen LogP contribution in [0.5, 0.6) is 0 Å². The molecule has 1 saturated carbocycles. The molecule has 2 atom stereocenters. The molecule has 2 unspecified atom stereocenters. The lowest BCUT2D eigenvalue weighted by molar-refractivity contribution is -0.132. The van der Waals surface area contributed by atoms with Crippen LogP contribution in [0.1, 0.15) is 52.9 Å². The summed E-state index contributed by atoms with van der Waals surface area (Å²) in [5.41, 5.74) is 0.785. The lowest BCUT2D eigenvalue weighted by Gasteiger charge is -2.39. The summed E-state index contributed by atoms with van der Waals surface area (Å²) in [4.78, 5) is 14.5. The Morgan fingerprint density at radius 3 is 2.72 bits per heavy atom. The van der Waals surface area contributed by atoms with Crippen LogP contribution in [0, 0.1) is 10.8 Å². The van der Waals surface area contributed by atoms with E-state index in [4.69, 9.17) is 0 Å². The maximum atomic E-state index is 12.3. The maximum absolute atomic E-state index is 12.3. The van der Waals surface area contributed by atoms with Crippen LogP contribution in [-0.4, -0.2) is 35.4 Å². The van der Waals surface area contributed by atoms with Crippen LogP contribution in [0.2, 0.25) is 0 Å². The minimum atomic E-state index is 0.377. The third-order valence-corrected chi connectivity index (χ3v) is 5.17. The first kappa shape index (κ1) is 14.2. The van der Waals surface area contributed by atoms with Crippen LogP contribution < -0.4 is 0 Å². The van der Waals surface area contributed by atoms with Gasteiger partial charge < -0.3 is 4.90 Å². The van der Waals surface area contributed by atoms with Crippen molar-refractivity contribution in [2.75, 3.05) is 18.6 Å². The SMILES string of the molecule is CSCCCC(=O)N1CC2(C)CC1CC(C)(C)C2. The summed E-state index contributed by atoms with van der Waals surface area (Å²) >= 11 is 1.83. The van der Waals surface area contributed by atoms with Gasteiger partial charge in [-0.05, 0) is 48.5 Å². The summed E-state index contributed by atoms with van der Waals surface area (Å²) in [6.45, 7) is 8.09. The van der Waals surface area contributed by atoms with Gasteiger partial charge in [0.1, 0.15) is 0 Å². The summed E-state index contributed by atoms with van der Waals surface area (Å²) in [5, 5.41) is 0. The van der Waals surface area contributed by atoms with Crippen molar-refractivity contribution in [3.8, 4) is 0 Å². The fraction of sp³-hybridized carbons (Fsp3) is 0.933. The first-order valence-electron chi connectivity index (χ1n) is 7.14. The fourth-order valence-corrected chi connectivity index (χ4v) is 4.70. The zero-order valence-corrected chi connectivity index (χ0v) is 13.1. The van der Waals surface area contributed by atoms with E-state index in [9.17, 15) is 4.79 Å². The Bertz CT molecular complexity index is 328. The Labute approximate surface area is 116 Å². The molecule has 1 aliphatic heterocycles. The van der Waals surface area contributed by atoms with Crippen molar-refractivity contribution in [1.82, 2.24) is 4.90 Å². The fourth-order valence-electron chi connectivity index (χ4n) is 4.26. The smallest absolute Gasteiger partial charge is 0.222 e. The van der Waals surface area contributed by atoms with E-state index in [1.807, 2.05) is 11.8 Å². The van der Waals surface area contributed by atoms with E-state index in [2.05, 4.69) is 31.9 Å². The van der Waals surface area contributed by atoms with Crippen molar-refractivity contribution in [3.63, 3.8) is 0 Å². The molecular formula is C15H27NOS. The predicted molar refractivity (Wildman–Crippen MR) is 78.9 cm³/mol. The third-order valence-electron chi connectivity index (χ3n) is 4.47. The Hall–Kier alpha value is -0.180. The first-order chi connectivity index (χ1) is 8.35. The van der Waals surface area contributed by atoms with Gasteiger partial charge in [-0.25, -0.2) is 0 Å². The van der Waals surface area contributed by atoms with Gasteiger partial charge in [0.2, 0.25) is 5.91 Å². The molecule has 1 heterocycles. The number of carbonyl (C=O) groups excluding carboxylic acids is 1. The van der Waals surface area contributed by atoms with Gasteiger partial charge in [0.25, 0.3) is 0 Å². The van der Waals surface area contributed by atoms with E-state index in [0.717, 1.165) is 25.1 Å². The molecular weight excluding hydrogens is 242 g/mol. The molecule has 2 bridgehead atoms. The van der Waals surface area contributed by atoms with Crippen LogP contribution in [0.4, 0.5) is 0 Å². The number of hydrogen-bond donors (Lipinski definition) is 0. The minimum absolute atomic E-state index is 0.377. The highest BCUT2D eigenvalue weighted by atomic mass is 32.2. The normalized spacial score (nSPS) is 33.8. The van der Waals surface area contributed by atoms with Crippen molar-refractivity contribution in [1.29, 1.82) is 0 Å². The molecule has 3 heteroatoms. The Morgan fingerprint density at radius 1 is 1.33 bits per heavy atom. The number of likely N-dealkylation sites (tertiary alicyclic amines) is 1. The van der Waals surface area contributed by atoms with E-state index in [1.165, 1.54) is 19.3 Å². The van der Waals surface area contributed by atoms with E-state index >= 15 is 0 Å². The molecule has 2 fully saturated rings. The monoisotopic (exact) mass is 269 g/mol. The molecule has 104 valence electrons. The van der Waals surface area contributed by atoms with Crippen molar-refractivity contribution in [2.24, 2.45) is 10.8 Å². The standard InChI is InChI=1S/C15H27NOS/c1-14(2)8-12-9-15(3,10-14)11-16(12)13(17)6-5-7-18-4/h12H,5-11H2,1-4H3. The summed E-state index contributed by atoms with van der Waals surface area (Å²) in [5.74, 6) is 1.50. The maximum Gasteiger partial charge on any atom is 0.222 e. The first-order valence-corrected chi connectivity index (χ1v) is 8.53. The van der Waals surface area contributed by atoms with Gasteiger partial charge in [0.05, 0.1) is 0 Å². The molecule has 1 saturated heterocycles. The Morgan fingerprint density at radius 2 is 2.06 bits per heavy atom. The molecule has 2 aliphatic rings. The molecule has 0 spiro atoms. The topological polar surface area (TPSA) is 20.3 Å². The van der Waals surface area contributed by atoms with Crippen LogP contribution in [0.15, 0.2) is 0 Å². The lowest BCUT2D eigenvalue weighted by Crippen LogP contribution is -2.37. The number of nitrogens with zero attached hydrogens (tertiary/aromatic N) is 1. The molecule has 1 aliphatic carbocycles. The quantitative estimate of drug-likeness (QED) is 0.727. The summed E-state index contributed by atoms with van der Waals surface area (Å²) < 4.78 is 0. The van der Waals surface area contributed by atoms with Crippen LogP contribution >= 0.6 is 11.8 Å². The molecule has 0 aromatic carbocycles. The van der Waals surface area contributed by atoms with Gasteiger partial charge in [-0.3, -0.25) is 4.79 Å². The average Bonchev–Trinajstić information content (AvgIpc) is 2.48. The zero-order valence-electron chi connectivity index (χ0n) is 12.3. The average molecular weight is 269 g/mol. The van der Waals surface area contributed by atoms with Gasteiger partial charge in [-0.2, -0.15) is 11.8 Å². The molecule has 18 heavy (non-hydrogen) atoms. The van der Waals surface area contributed by atoms with Crippen molar-refractivity contribution >= 4 is 17.7 Å². The van der Waals surface area contributed by atoms with Crippen molar-refractivity contribution in [3.05, 3.63) is 0 Å². The molecule has 0 radical (unpaired) electrons. The van der Waals surface area contributed by atoms with Gasteiger partial charge in [0.15, 0.2) is 0 Å². The van der Waals surface area contributed by atoms with E-state index < -0.39 is 0 Å². The van der Waals surface area contributed by atoms with Crippen LogP contribution in [-0.2, 0) is 4.79 Å². The van der Waals surface area contributed by atoms with Crippen molar-refractivity contribution in [2.45, 2.75) is 58.9 Å². The number of thioether (sulfide) groups is 1. The van der Waals surface area contributed by atoms with Gasteiger partial charge in [0, 0.05) is 19.0 Å². The lowest BCUT2D eigenvalue weighted by atomic mass is 9.65. The minimum Gasteiger partial charge on any atom is -0.339 e. The van der Waals surface area contributed by atoms with Gasteiger partial charge in [-0.1, -0.05) is 20.8 Å². The summed E-state index contributed by atoms with van der Waals surface area (Å²) in [6, 6.07) is 0.514. The van der Waals surface area contributed by atoms with Gasteiger partial charge in [-0.15, -0.1) is 0 Å². The van der Waals surface area contributed by atoms with Crippen LogP contribution in [0.3, 0.4) is 0 Å². The second-order valence-corrected chi connectivity index (χ2v) is 8.32. The molecule has 0 aromatic rings. The molecule has 2 nitrogen and oxygen atoms in total. The van der Waals surface area contributed by atoms with E-state index in [0.29, 0.717) is 22.8 Å². The third kappa shape index (κ3) is 3.04. The molecule has 0 N–H and O–H groups in total. The number of amides is 1. The predicted octanol–water partition coefficient (Wildman–Crippen LogP) is 3.56. The highest BCUT2D eigenvalue weighted by Gasteiger charge is 2.50. The second kappa shape index (κ2) is 5.07. The highest BCUT2D eigenvalue weighted by molar-refractivity contribution is 7.98. The Kier molecular flexibility index (Phi) is 4.01. The second-order valence-electron chi connectivity index (χ2n) is 7.33. The van der Waals surface area contributed by atoms with E-state index in [1.54, 1.807) is 0 Å². The molecule has 1 amide bonds. The Balaban J connectivity index is 1.98.